The van der Waals surface area contributed by atoms with E-state index in [9.17, 15) is 15.3 Å². The van der Waals surface area contributed by atoms with E-state index in [1.54, 1.807) is 18.2 Å². The van der Waals surface area contributed by atoms with Crippen LogP contribution >= 0.6 is 0 Å². The Balaban J connectivity index is 1.80. The molecule has 0 aromatic heterocycles. The molecule has 5 nitrogen and oxygen atoms in total. The minimum Gasteiger partial charge on any atom is -0.508 e. The Morgan fingerprint density at radius 1 is 0.545 bits per heavy atom. The van der Waals surface area contributed by atoms with Crippen molar-refractivity contribution in [2.24, 2.45) is 0 Å². The van der Waals surface area contributed by atoms with Crippen molar-refractivity contribution in [3.63, 3.8) is 0 Å². The summed E-state index contributed by atoms with van der Waals surface area (Å²) in [6.07, 6.45) is 0. The average Bonchev–Trinajstić information content (AvgIpc) is 2.77. The predicted octanol–water partition coefficient (Wildman–Crippen LogP) is 7.30. The van der Waals surface area contributed by atoms with Crippen LogP contribution < -0.4 is 9.64 Å². The van der Waals surface area contributed by atoms with E-state index < -0.39 is 0 Å². The lowest BCUT2D eigenvalue weighted by Gasteiger charge is -2.27. The molecule has 0 atom stereocenters. The topological polar surface area (TPSA) is 73.2 Å². The van der Waals surface area contributed by atoms with Crippen LogP contribution in [0.25, 0.3) is 0 Å². The van der Waals surface area contributed by atoms with Crippen molar-refractivity contribution in [2.75, 3.05) is 4.90 Å². The molecule has 0 aliphatic rings. The van der Waals surface area contributed by atoms with E-state index in [1.807, 2.05) is 87.2 Å². The average molecular weight is 442 g/mol. The summed E-state index contributed by atoms with van der Waals surface area (Å²) >= 11 is 0. The summed E-state index contributed by atoms with van der Waals surface area (Å²) < 4.78 is 6.18. The second-order valence-electron chi connectivity index (χ2n) is 8.28. The number of aromatic hydroxyl groups is 3. The SMILES string of the molecule is Cc1cc(N(c2cccc(Oc3cc(C)c(O)cc3C)c2)c2ccc(O)c(C)c2)ccc1O. The molecule has 0 unspecified atom stereocenters. The summed E-state index contributed by atoms with van der Waals surface area (Å²) in [7, 11) is 0. The predicted molar refractivity (Wildman–Crippen MR) is 132 cm³/mol. The third-order valence-electron chi connectivity index (χ3n) is 5.67. The number of anilines is 3. The van der Waals surface area contributed by atoms with E-state index in [-0.39, 0.29) is 17.2 Å². The smallest absolute Gasteiger partial charge is 0.130 e. The summed E-state index contributed by atoms with van der Waals surface area (Å²) in [6.45, 7) is 7.44. The normalized spacial score (nSPS) is 10.8. The van der Waals surface area contributed by atoms with Gasteiger partial charge in [0, 0.05) is 23.1 Å². The van der Waals surface area contributed by atoms with Gasteiger partial charge < -0.3 is 25.0 Å². The molecule has 0 radical (unpaired) electrons. The second kappa shape index (κ2) is 8.79. The Labute approximate surface area is 193 Å². The Bertz CT molecular complexity index is 1280. The van der Waals surface area contributed by atoms with Crippen molar-refractivity contribution in [1.29, 1.82) is 0 Å². The van der Waals surface area contributed by atoms with Crippen molar-refractivity contribution in [1.82, 2.24) is 0 Å². The van der Waals surface area contributed by atoms with Gasteiger partial charge in [0.2, 0.25) is 0 Å². The van der Waals surface area contributed by atoms with E-state index in [2.05, 4.69) is 0 Å². The lowest BCUT2D eigenvalue weighted by molar-refractivity contribution is 0.458. The molecule has 5 heteroatoms. The number of phenols is 3. The van der Waals surface area contributed by atoms with Crippen LogP contribution in [0.1, 0.15) is 22.3 Å². The van der Waals surface area contributed by atoms with E-state index in [0.717, 1.165) is 39.3 Å². The maximum Gasteiger partial charge on any atom is 0.130 e. The second-order valence-corrected chi connectivity index (χ2v) is 8.28. The molecule has 0 bridgehead atoms. The molecule has 0 aliphatic heterocycles. The highest BCUT2D eigenvalue weighted by molar-refractivity contribution is 5.78. The van der Waals surface area contributed by atoms with E-state index >= 15 is 0 Å². The number of rotatable bonds is 5. The number of hydrogen-bond donors (Lipinski definition) is 3. The molecule has 4 aromatic rings. The van der Waals surface area contributed by atoms with E-state index in [1.165, 1.54) is 0 Å². The number of ether oxygens (including phenoxy) is 1. The first-order valence-electron chi connectivity index (χ1n) is 10.7. The molecule has 3 N–H and O–H groups in total. The number of benzene rings is 4. The maximum absolute atomic E-state index is 10.0. The van der Waals surface area contributed by atoms with Gasteiger partial charge in [0.25, 0.3) is 0 Å². The van der Waals surface area contributed by atoms with Gasteiger partial charge in [-0.1, -0.05) is 6.07 Å². The van der Waals surface area contributed by atoms with Crippen LogP contribution in [0.4, 0.5) is 17.1 Å². The van der Waals surface area contributed by atoms with Crippen LogP contribution in [0, 0.1) is 27.7 Å². The summed E-state index contributed by atoms with van der Waals surface area (Å²) in [5.74, 6) is 2.03. The Kier molecular flexibility index (Phi) is 5.88. The fourth-order valence-electron chi connectivity index (χ4n) is 3.70. The Hall–Kier alpha value is -4.12. The largest absolute Gasteiger partial charge is 0.508 e. The van der Waals surface area contributed by atoms with Gasteiger partial charge in [-0.05, 0) is 111 Å². The van der Waals surface area contributed by atoms with Crippen LogP contribution in [0.15, 0.2) is 72.8 Å². The van der Waals surface area contributed by atoms with Gasteiger partial charge in [0.15, 0.2) is 0 Å². The van der Waals surface area contributed by atoms with Crippen LogP contribution in [0.3, 0.4) is 0 Å². The van der Waals surface area contributed by atoms with Crippen molar-refractivity contribution in [2.45, 2.75) is 27.7 Å². The maximum atomic E-state index is 10.0. The highest BCUT2D eigenvalue weighted by Gasteiger charge is 2.16. The molecule has 0 spiro atoms. The molecule has 168 valence electrons. The highest BCUT2D eigenvalue weighted by atomic mass is 16.5. The molecular weight excluding hydrogens is 414 g/mol. The summed E-state index contributed by atoms with van der Waals surface area (Å²) in [5, 5.41) is 30.0. The minimum absolute atomic E-state index is 0.232. The molecule has 4 rings (SSSR count). The zero-order valence-electron chi connectivity index (χ0n) is 19.1. The van der Waals surface area contributed by atoms with Crippen LogP contribution in [0.5, 0.6) is 28.7 Å². The van der Waals surface area contributed by atoms with Crippen molar-refractivity contribution < 1.29 is 20.1 Å². The zero-order chi connectivity index (χ0) is 23.7. The molecule has 33 heavy (non-hydrogen) atoms. The first-order valence-corrected chi connectivity index (χ1v) is 10.7. The quantitative estimate of drug-likeness (QED) is 0.303. The monoisotopic (exact) mass is 441 g/mol. The van der Waals surface area contributed by atoms with Gasteiger partial charge in [-0.2, -0.15) is 0 Å². The van der Waals surface area contributed by atoms with Gasteiger partial charge >= 0.3 is 0 Å². The van der Waals surface area contributed by atoms with Gasteiger partial charge in [-0.3, -0.25) is 0 Å². The third kappa shape index (κ3) is 4.58. The fraction of sp³-hybridized carbons (Fsp3) is 0.143. The molecule has 0 heterocycles. The van der Waals surface area contributed by atoms with E-state index in [4.69, 9.17) is 4.74 Å². The van der Waals surface area contributed by atoms with Crippen molar-refractivity contribution >= 4 is 17.1 Å². The molecule has 0 saturated carbocycles. The lowest BCUT2D eigenvalue weighted by Crippen LogP contribution is -2.10. The van der Waals surface area contributed by atoms with E-state index in [0.29, 0.717) is 11.5 Å². The number of hydrogen-bond acceptors (Lipinski definition) is 5. The summed E-state index contributed by atoms with van der Waals surface area (Å²) in [5.41, 5.74) is 5.69. The first-order chi connectivity index (χ1) is 15.7. The van der Waals surface area contributed by atoms with Crippen LogP contribution in [-0.4, -0.2) is 15.3 Å². The molecule has 0 aliphatic carbocycles. The van der Waals surface area contributed by atoms with Gasteiger partial charge in [0.05, 0.1) is 0 Å². The first kappa shape index (κ1) is 22.1. The summed E-state index contributed by atoms with van der Waals surface area (Å²) in [4.78, 5) is 2.04. The standard InChI is InChI=1S/C28H27NO4/c1-17-12-22(8-10-25(17)30)29(23-9-11-26(31)18(2)13-23)21-6-5-7-24(16-21)33-28-15-19(3)27(32)14-20(28)4/h5-16,30-32H,1-4H3. The zero-order valence-corrected chi connectivity index (χ0v) is 19.1. The molecule has 4 aromatic carbocycles. The van der Waals surface area contributed by atoms with Gasteiger partial charge in [-0.25, -0.2) is 0 Å². The number of aryl methyl sites for hydroxylation is 4. The fourth-order valence-corrected chi connectivity index (χ4v) is 3.70. The third-order valence-corrected chi connectivity index (χ3v) is 5.67. The van der Waals surface area contributed by atoms with Crippen LogP contribution in [-0.2, 0) is 0 Å². The highest BCUT2D eigenvalue weighted by Crippen LogP contribution is 2.40. The van der Waals surface area contributed by atoms with Crippen molar-refractivity contribution in [3.8, 4) is 28.7 Å². The molecule has 0 fully saturated rings. The summed E-state index contributed by atoms with van der Waals surface area (Å²) in [6, 6.07) is 22.1. The molecular formula is C28H27NO4. The van der Waals surface area contributed by atoms with Gasteiger partial charge in [-0.15, -0.1) is 0 Å². The van der Waals surface area contributed by atoms with Gasteiger partial charge in [0.1, 0.15) is 28.7 Å². The van der Waals surface area contributed by atoms with Crippen LogP contribution in [0.2, 0.25) is 0 Å². The van der Waals surface area contributed by atoms with Crippen molar-refractivity contribution in [3.05, 3.63) is 95.1 Å². The minimum atomic E-state index is 0.232. The number of phenolic OH excluding ortho intramolecular Hbond substituents is 3. The lowest BCUT2D eigenvalue weighted by atomic mass is 10.1. The number of nitrogens with zero attached hydrogens (tertiary/aromatic N) is 1. The molecule has 0 saturated heterocycles. The molecule has 0 amide bonds. The Morgan fingerprint density at radius 2 is 1.09 bits per heavy atom. The Morgan fingerprint density at radius 3 is 1.67 bits per heavy atom.